The summed E-state index contributed by atoms with van der Waals surface area (Å²) in [5.41, 5.74) is 9.96. The normalized spacial score (nSPS) is 16.0. The molecule has 0 amide bonds. The number of hydrogen-bond acceptors (Lipinski definition) is 3. The molecular weight excluding hydrogens is 226 g/mol. The van der Waals surface area contributed by atoms with Gasteiger partial charge >= 0.3 is 0 Å². The average Bonchev–Trinajstić information content (AvgIpc) is 2.94. The number of para-hydroxylation sites is 1. The van der Waals surface area contributed by atoms with E-state index in [0.717, 1.165) is 22.4 Å². The van der Waals surface area contributed by atoms with E-state index in [1.807, 2.05) is 48.5 Å². The first-order chi connectivity index (χ1) is 8.84. The van der Waals surface area contributed by atoms with Crippen LogP contribution in [0.5, 0.6) is 0 Å². The fourth-order valence-corrected chi connectivity index (χ4v) is 2.13. The highest BCUT2D eigenvalue weighted by molar-refractivity contribution is 5.76. The van der Waals surface area contributed by atoms with E-state index in [0.29, 0.717) is 13.2 Å². The number of benzene rings is 2. The van der Waals surface area contributed by atoms with Crippen LogP contribution in [0.4, 0.5) is 5.69 Å². The van der Waals surface area contributed by atoms with E-state index in [-0.39, 0.29) is 6.29 Å². The lowest BCUT2D eigenvalue weighted by molar-refractivity contribution is -0.0441. The van der Waals surface area contributed by atoms with Crippen LogP contribution in [0.2, 0.25) is 0 Å². The van der Waals surface area contributed by atoms with Gasteiger partial charge in [-0.1, -0.05) is 42.5 Å². The van der Waals surface area contributed by atoms with Crippen LogP contribution in [0.15, 0.2) is 48.5 Å². The lowest BCUT2D eigenvalue weighted by Gasteiger charge is -2.11. The van der Waals surface area contributed by atoms with Crippen LogP contribution in [0.3, 0.4) is 0 Å². The summed E-state index contributed by atoms with van der Waals surface area (Å²) in [7, 11) is 0. The second kappa shape index (κ2) is 4.80. The molecule has 0 atom stereocenters. The van der Waals surface area contributed by atoms with Crippen LogP contribution in [-0.2, 0) is 9.47 Å². The molecule has 0 aliphatic carbocycles. The molecule has 2 aromatic rings. The first-order valence-corrected chi connectivity index (χ1v) is 6.02. The Bertz CT molecular complexity index is 530. The maximum atomic E-state index is 5.96. The topological polar surface area (TPSA) is 44.5 Å². The largest absolute Gasteiger partial charge is 0.398 e. The Morgan fingerprint density at radius 1 is 0.889 bits per heavy atom. The van der Waals surface area contributed by atoms with Crippen molar-refractivity contribution in [3.8, 4) is 11.1 Å². The van der Waals surface area contributed by atoms with Gasteiger partial charge in [-0.05, 0) is 11.6 Å². The second-order valence-corrected chi connectivity index (χ2v) is 4.28. The molecule has 0 unspecified atom stereocenters. The van der Waals surface area contributed by atoms with Crippen molar-refractivity contribution < 1.29 is 9.47 Å². The number of nitrogens with two attached hydrogens (primary N) is 1. The Labute approximate surface area is 106 Å². The Morgan fingerprint density at radius 3 is 2.22 bits per heavy atom. The van der Waals surface area contributed by atoms with Crippen molar-refractivity contribution in [3.63, 3.8) is 0 Å². The van der Waals surface area contributed by atoms with Crippen molar-refractivity contribution in [2.24, 2.45) is 0 Å². The molecule has 0 radical (unpaired) electrons. The molecule has 18 heavy (non-hydrogen) atoms. The van der Waals surface area contributed by atoms with Gasteiger partial charge in [0.25, 0.3) is 0 Å². The van der Waals surface area contributed by atoms with Gasteiger partial charge in [-0.3, -0.25) is 0 Å². The van der Waals surface area contributed by atoms with E-state index in [4.69, 9.17) is 15.2 Å². The summed E-state index contributed by atoms with van der Waals surface area (Å²) in [6.07, 6.45) is -0.216. The van der Waals surface area contributed by atoms with Gasteiger partial charge in [0, 0.05) is 16.8 Å². The fraction of sp³-hybridized carbons (Fsp3) is 0.200. The number of ether oxygens (including phenoxy) is 2. The number of nitrogen functional groups attached to an aromatic ring is 1. The minimum Gasteiger partial charge on any atom is -0.398 e. The first kappa shape index (κ1) is 11.3. The zero-order valence-corrected chi connectivity index (χ0v) is 10.0. The minimum absolute atomic E-state index is 0.216. The van der Waals surface area contributed by atoms with Crippen molar-refractivity contribution >= 4 is 5.69 Å². The molecule has 3 nitrogen and oxygen atoms in total. The molecule has 1 aliphatic rings. The molecule has 2 N–H and O–H groups in total. The molecule has 0 aromatic heterocycles. The van der Waals surface area contributed by atoms with Crippen LogP contribution in [0.1, 0.15) is 11.9 Å². The quantitative estimate of drug-likeness (QED) is 0.822. The predicted molar refractivity (Wildman–Crippen MR) is 70.9 cm³/mol. The van der Waals surface area contributed by atoms with Crippen LogP contribution in [0.25, 0.3) is 11.1 Å². The Balaban J connectivity index is 1.89. The van der Waals surface area contributed by atoms with Crippen molar-refractivity contribution in [3.05, 3.63) is 54.1 Å². The molecule has 0 bridgehead atoms. The maximum absolute atomic E-state index is 5.96. The van der Waals surface area contributed by atoms with Gasteiger partial charge in [-0.25, -0.2) is 0 Å². The van der Waals surface area contributed by atoms with Crippen LogP contribution >= 0.6 is 0 Å². The van der Waals surface area contributed by atoms with Crippen molar-refractivity contribution in [1.29, 1.82) is 0 Å². The predicted octanol–water partition coefficient (Wildman–Crippen LogP) is 2.98. The first-order valence-electron chi connectivity index (χ1n) is 6.02. The van der Waals surface area contributed by atoms with E-state index in [9.17, 15) is 0 Å². The average molecular weight is 241 g/mol. The summed E-state index contributed by atoms with van der Waals surface area (Å²) >= 11 is 0. The van der Waals surface area contributed by atoms with E-state index >= 15 is 0 Å². The summed E-state index contributed by atoms with van der Waals surface area (Å²) in [6, 6.07) is 16.0. The van der Waals surface area contributed by atoms with Gasteiger partial charge in [-0.15, -0.1) is 0 Å². The fourth-order valence-electron chi connectivity index (χ4n) is 2.13. The van der Waals surface area contributed by atoms with Gasteiger partial charge in [0.15, 0.2) is 6.29 Å². The molecule has 1 aliphatic heterocycles. The molecule has 92 valence electrons. The van der Waals surface area contributed by atoms with Crippen molar-refractivity contribution in [2.45, 2.75) is 6.29 Å². The van der Waals surface area contributed by atoms with Crippen molar-refractivity contribution in [2.75, 3.05) is 18.9 Å². The Hall–Kier alpha value is -1.84. The zero-order chi connectivity index (χ0) is 12.4. The second-order valence-electron chi connectivity index (χ2n) is 4.28. The lowest BCUT2D eigenvalue weighted by Crippen LogP contribution is -1.97. The Morgan fingerprint density at radius 2 is 1.56 bits per heavy atom. The molecule has 3 rings (SSSR count). The van der Waals surface area contributed by atoms with E-state index in [1.165, 1.54) is 0 Å². The van der Waals surface area contributed by atoms with Gasteiger partial charge in [0.2, 0.25) is 0 Å². The van der Waals surface area contributed by atoms with Gasteiger partial charge in [-0.2, -0.15) is 0 Å². The summed E-state index contributed by atoms with van der Waals surface area (Å²) < 4.78 is 10.9. The standard InChI is InChI=1S/C15H15NO2/c16-14-4-2-1-3-13(14)11-5-7-12(8-6-11)15-17-9-10-18-15/h1-8,15H,9-10,16H2. The summed E-state index contributed by atoms with van der Waals surface area (Å²) in [5.74, 6) is 0. The minimum atomic E-state index is -0.216. The summed E-state index contributed by atoms with van der Waals surface area (Å²) in [4.78, 5) is 0. The van der Waals surface area contributed by atoms with E-state index in [2.05, 4.69) is 0 Å². The lowest BCUT2D eigenvalue weighted by atomic mass is 10.0. The van der Waals surface area contributed by atoms with Crippen molar-refractivity contribution in [1.82, 2.24) is 0 Å². The number of hydrogen-bond donors (Lipinski definition) is 1. The molecule has 1 saturated heterocycles. The third kappa shape index (κ3) is 2.10. The zero-order valence-electron chi connectivity index (χ0n) is 10.0. The van der Waals surface area contributed by atoms with Crippen LogP contribution in [-0.4, -0.2) is 13.2 Å². The highest BCUT2D eigenvalue weighted by atomic mass is 16.7. The highest BCUT2D eigenvalue weighted by Gasteiger charge is 2.17. The Kier molecular flexibility index (Phi) is 3.00. The SMILES string of the molecule is Nc1ccccc1-c1ccc(C2OCCO2)cc1. The molecule has 2 aromatic carbocycles. The molecule has 3 heteroatoms. The maximum Gasteiger partial charge on any atom is 0.184 e. The van der Waals surface area contributed by atoms with Gasteiger partial charge in [0.05, 0.1) is 13.2 Å². The smallest absolute Gasteiger partial charge is 0.184 e. The monoisotopic (exact) mass is 241 g/mol. The molecule has 0 spiro atoms. The van der Waals surface area contributed by atoms with Gasteiger partial charge < -0.3 is 15.2 Å². The summed E-state index contributed by atoms with van der Waals surface area (Å²) in [5, 5.41) is 0. The van der Waals surface area contributed by atoms with E-state index in [1.54, 1.807) is 0 Å². The van der Waals surface area contributed by atoms with Gasteiger partial charge in [0.1, 0.15) is 0 Å². The van der Waals surface area contributed by atoms with E-state index < -0.39 is 0 Å². The molecule has 1 fully saturated rings. The third-order valence-electron chi connectivity index (χ3n) is 3.08. The number of rotatable bonds is 2. The summed E-state index contributed by atoms with van der Waals surface area (Å²) in [6.45, 7) is 1.33. The number of anilines is 1. The molecule has 1 heterocycles. The third-order valence-corrected chi connectivity index (χ3v) is 3.08. The highest BCUT2D eigenvalue weighted by Crippen LogP contribution is 2.29. The molecule has 0 saturated carbocycles. The van der Waals surface area contributed by atoms with Crippen LogP contribution < -0.4 is 5.73 Å². The molecular formula is C15H15NO2. The van der Waals surface area contributed by atoms with Crippen LogP contribution in [0, 0.1) is 0 Å².